The number of aliphatic carboxylic acids is 1. The number of rotatable bonds is 7. The maximum Gasteiger partial charge on any atom is 0.416 e. The molecule has 0 bridgehead atoms. The van der Waals surface area contributed by atoms with Gasteiger partial charge in [0.25, 0.3) is 0 Å². The first-order chi connectivity index (χ1) is 16.5. The minimum absolute atomic E-state index is 0.0513. The second kappa shape index (κ2) is 9.22. The summed E-state index contributed by atoms with van der Waals surface area (Å²) in [4.78, 5) is 19.8. The molecule has 2 atom stereocenters. The number of aromatic hydroxyl groups is 1. The summed E-state index contributed by atoms with van der Waals surface area (Å²) in [5, 5.41) is 21.3. The monoisotopic (exact) mass is 500 g/mol. The van der Waals surface area contributed by atoms with Crippen LogP contribution < -0.4 is 0 Å². The fourth-order valence-corrected chi connectivity index (χ4v) is 5.29. The number of fused-ring (bicyclic) bond motifs is 1. The zero-order valence-electron chi connectivity index (χ0n) is 19.0. The van der Waals surface area contributed by atoms with Crippen LogP contribution in [0.25, 0.3) is 21.5 Å². The number of phenols is 1. The second-order valence-corrected chi connectivity index (χ2v) is 9.46. The fourth-order valence-electron chi connectivity index (χ4n) is 4.05. The van der Waals surface area contributed by atoms with E-state index in [4.69, 9.17) is 4.98 Å². The van der Waals surface area contributed by atoms with E-state index in [1.54, 1.807) is 24.4 Å². The molecule has 0 fully saturated rings. The topological polar surface area (TPSA) is 86.2 Å². The lowest BCUT2D eigenvalue weighted by atomic mass is 9.92. The van der Waals surface area contributed by atoms with Gasteiger partial charge in [-0.15, -0.1) is 17.9 Å². The van der Waals surface area contributed by atoms with Crippen LogP contribution in [0.3, 0.4) is 0 Å². The van der Waals surface area contributed by atoms with Crippen LogP contribution in [0.15, 0.2) is 55.3 Å². The predicted molar refractivity (Wildman–Crippen MR) is 130 cm³/mol. The molecule has 2 aromatic carbocycles. The molecule has 0 amide bonds. The highest BCUT2D eigenvalue weighted by Crippen LogP contribution is 2.43. The van der Waals surface area contributed by atoms with Crippen molar-refractivity contribution in [1.82, 2.24) is 9.97 Å². The number of hydrogen-bond acceptors (Lipinski definition) is 4. The molecular formula is C26H23F3N2O3S. The predicted octanol–water partition coefficient (Wildman–Crippen LogP) is 7.08. The van der Waals surface area contributed by atoms with Crippen molar-refractivity contribution in [2.24, 2.45) is 0 Å². The first-order valence-electron chi connectivity index (χ1n) is 10.8. The number of allylic oxidation sites excluding steroid dienone is 1. The van der Waals surface area contributed by atoms with Gasteiger partial charge in [0.1, 0.15) is 10.8 Å². The van der Waals surface area contributed by atoms with E-state index in [0.717, 1.165) is 22.7 Å². The smallest absolute Gasteiger partial charge is 0.416 e. The summed E-state index contributed by atoms with van der Waals surface area (Å²) in [6, 6.07) is 8.23. The molecule has 2 aromatic heterocycles. The number of aromatic nitrogens is 2. The highest BCUT2D eigenvalue weighted by molar-refractivity contribution is 7.15. The molecular weight excluding hydrogens is 477 g/mol. The quantitative estimate of drug-likeness (QED) is 0.237. The molecule has 0 aliphatic carbocycles. The van der Waals surface area contributed by atoms with Gasteiger partial charge in [-0.1, -0.05) is 32.1 Å². The summed E-state index contributed by atoms with van der Waals surface area (Å²) in [5.74, 6) is -1.35. The maximum absolute atomic E-state index is 13.0. The number of phenolic OH excluding ortho intramolecular Hbond substituents is 1. The Labute approximate surface area is 203 Å². The Morgan fingerprint density at radius 2 is 1.91 bits per heavy atom. The Balaban J connectivity index is 1.79. The number of carbonyl (C=O) groups is 1. The van der Waals surface area contributed by atoms with Crippen LogP contribution in [-0.2, 0) is 17.4 Å². The first kappa shape index (κ1) is 24.5. The van der Waals surface area contributed by atoms with E-state index >= 15 is 0 Å². The Kier molecular flexibility index (Phi) is 6.46. The van der Waals surface area contributed by atoms with Gasteiger partial charge >= 0.3 is 12.1 Å². The van der Waals surface area contributed by atoms with Crippen LogP contribution in [0, 0.1) is 0 Å². The molecule has 0 spiro atoms. The molecule has 0 saturated heterocycles. The third kappa shape index (κ3) is 4.81. The molecule has 1 unspecified atom stereocenters. The molecule has 0 aliphatic heterocycles. The molecule has 2 heterocycles. The molecule has 4 rings (SSSR count). The SMILES string of the molecule is C=CC(C)c1nc(-c2ccc(C(F)(F)F)cc2)sc1[C@@H](C)c1cc2c(CC(=O)O)c[nH]c2cc1O. The summed E-state index contributed by atoms with van der Waals surface area (Å²) >= 11 is 1.35. The van der Waals surface area contributed by atoms with E-state index in [2.05, 4.69) is 11.6 Å². The van der Waals surface area contributed by atoms with Crippen molar-refractivity contribution in [3.63, 3.8) is 0 Å². The van der Waals surface area contributed by atoms with Gasteiger partial charge in [-0.05, 0) is 23.8 Å². The van der Waals surface area contributed by atoms with E-state index in [1.807, 2.05) is 13.8 Å². The molecule has 0 saturated carbocycles. The molecule has 3 N–H and O–H groups in total. The van der Waals surface area contributed by atoms with Crippen LogP contribution in [-0.4, -0.2) is 26.2 Å². The number of benzene rings is 2. The molecule has 4 aromatic rings. The molecule has 182 valence electrons. The van der Waals surface area contributed by atoms with E-state index in [9.17, 15) is 28.2 Å². The summed E-state index contributed by atoms with van der Waals surface area (Å²) in [6.07, 6.45) is -1.22. The lowest BCUT2D eigenvalue weighted by molar-refractivity contribution is -0.138. The third-order valence-electron chi connectivity index (χ3n) is 6.04. The summed E-state index contributed by atoms with van der Waals surface area (Å²) in [7, 11) is 0. The minimum Gasteiger partial charge on any atom is -0.508 e. The summed E-state index contributed by atoms with van der Waals surface area (Å²) < 4.78 is 38.9. The van der Waals surface area contributed by atoms with Crippen molar-refractivity contribution < 1.29 is 28.2 Å². The van der Waals surface area contributed by atoms with Crippen LogP contribution in [0.2, 0.25) is 0 Å². The Hall–Kier alpha value is -3.59. The van der Waals surface area contributed by atoms with Crippen molar-refractivity contribution in [2.75, 3.05) is 0 Å². The number of thiazole rings is 1. The number of halogens is 3. The Bertz CT molecular complexity index is 1400. The van der Waals surface area contributed by atoms with Gasteiger partial charge in [-0.2, -0.15) is 13.2 Å². The highest BCUT2D eigenvalue weighted by atomic mass is 32.1. The highest BCUT2D eigenvalue weighted by Gasteiger charge is 2.30. The molecule has 0 radical (unpaired) electrons. The van der Waals surface area contributed by atoms with Crippen molar-refractivity contribution in [3.05, 3.63) is 82.5 Å². The van der Waals surface area contributed by atoms with Crippen LogP contribution in [0.1, 0.15) is 52.9 Å². The van der Waals surface area contributed by atoms with E-state index in [1.165, 1.54) is 23.5 Å². The Morgan fingerprint density at radius 3 is 2.51 bits per heavy atom. The largest absolute Gasteiger partial charge is 0.508 e. The minimum atomic E-state index is -4.42. The van der Waals surface area contributed by atoms with Gasteiger partial charge in [0.05, 0.1) is 17.7 Å². The molecule has 0 aliphatic rings. The van der Waals surface area contributed by atoms with Gasteiger partial charge in [0.15, 0.2) is 0 Å². The van der Waals surface area contributed by atoms with Gasteiger partial charge in [-0.3, -0.25) is 4.79 Å². The van der Waals surface area contributed by atoms with Crippen molar-refractivity contribution in [3.8, 4) is 16.3 Å². The number of hydrogen-bond donors (Lipinski definition) is 3. The average molecular weight is 501 g/mol. The van der Waals surface area contributed by atoms with Crippen molar-refractivity contribution >= 4 is 28.2 Å². The lowest BCUT2D eigenvalue weighted by Gasteiger charge is -2.16. The maximum atomic E-state index is 13.0. The zero-order valence-corrected chi connectivity index (χ0v) is 19.8. The normalized spacial score (nSPS) is 13.6. The molecule has 9 heteroatoms. The standard InChI is InChI=1S/C26H23F3N2O3S/c1-4-13(2)23-24(35-25(31-23)15-5-7-17(8-6-15)26(27,28)29)14(3)18-10-19-16(9-22(33)34)12-30-20(19)11-21(18)32/h4-8,10-14,30,32H,1,9H2,2-3H3,(H,33,34)/t13?,14-/m0/s1. The van der Waals surface area contributed by atoms with Gasteiger partial charge in [0.2, 0.25) is 0 Å². The van der Waals surface area contributed by atoms with Crippen LogP contribution >= 0.6 is 11.3 Å². The van der Waals surface area contributed by atoms with Crippen LogP contribution in [0.4, 0.5) is 13.2 Å². The number of nitrogens with one attached hydrogen (secondary N) is 1. The average Bonchev–Trinajstić information content (AvgIpc) is 3.41. The van der Waals surface area contributed by atoms with E-state index < -0.39 is 17.7 Å². The third-order valence-corrected chi connectivity index (χ3v) is 7.34. The van der Waals surface area contributed by atoms with Crippen molar-refractivity contribution in [1.29, 1.82) is 0 Å². The van der Waals surface area contributed by atoms with Gasteiger partial charge in [0, 0.05) is 51.0 Å². The number of nitrogens with zero attached hydrogens (tertiary/aromatic N) is 1. The number of H-pyrrole nitrogens is 1. The van der Waals surface area contributed by atoms with E-state index in [0.29, 0.717) is 32.6 Å². The molecule has 5 nitrogen and oxygen atoms in total. The zero-order chi connectivity index (χ0) is 25.5. The van der Waals surface area contributed by atoms with Gasteiger partial charge < -0.3 is 15.2 Å². The number of aromatic amines is 1. The number of carboxylic acids is 1. The summed E-state index contributed by atoms with van der Waals surface area (Å²) in [5.41, 5.74) is 2.40. The second-order valence-electron chi connectivity index (χ2n) is 8.43. The number of alkyl halides is 3. The Morgan fingerprint density at radius 1 is 1.23 bits per heavy atom. The van der Waals surface area contributed by atoms with Crippen molar-refractivity contribution in [2.45, 2.75) is 38.3 Å². The lowest BCUT2D eigenvalue weighted by Crippen LogP contribution is -2.04. The van der Waals surface area contributed by atoms with E-state index in [-0.39, 0.29) is 24.0 Å². The van der Waals surface area contributed by atoms with Gasteiger partial charge in [-0.25, -0.2) is 4.98 Å². The molecule has 35 heavy (non-hydrogen) atoms. The fraction of sp³-hybridized carbons (Fsp3) is 0.231. The first-order valence-corrected chi connectivity index (χ1v) is 11.7. The van der Waals surface area contributed by atoms with Crippen LogP contribution in [0.5, 0.6) is 5.75 Å². The summed E-state index contributed by atoms with van der Waals surface area (Å²) in [6.45, 7) is 7.69. The number of carboxylic acid groups (broad SMARTS) is 1.